The Morgan fingerprint density at radius 3 is 2.89 bits per heavy atom. The number of nitrogens with zero attached hydrogens (tertiary/aromatic N) is 1. The van der Waals surface area contributed by atoms with E-state index in [1.807, 2.05) is 6.07 Å². The quantitative estimate of drug-likeness (QED) is 0.867. The fourth-order valence-corrected chi connectivity index (χ4v) is 2.56. The number of nitriles is 1. The van der Waals surface area contributed by atoms with Gasteiger partial charge in [-0.3, -0.25) is 4.79 Å². The van der Waals surface area contributed by atoms with E-state index in [0.717, 1.165) is 19.3 Å². The predicted molar refractivity (Wildman–Crippen MR) is 70.0 cm³/mol. The second-order valence-corrected chi connectivity index (χ2v) is 5.77. The normalized spacial score (nSPS) is 21.3. The van der Waals surface area contributed by atoms with Gasteiger partial charge in [-0.2, -0.15) is 5.26 Å². The lowest BCUT2D eigenvalue weighted by Gasteiger charge is -2.17. The first-order valence-corrected chi connectivity index (χ1v) is 6.31. The SMILES string of the molecule is CC1(C)CCC(NC(=O)c2cccc(C#N)c2)C1. The van der Waals surface area contributed by atoms with Crippen molar-refractivity contribution in [2.24, 2.45) is 5.41 Å². The summed E-state index contributed by atoms with van der Waals surface area (Å²) in [6.07, 6.45) is 3.21. The van der Waals surface area contributed by atoms with E-state index in [1.165, 1.54) is 0 Å². The molecule has 1 fully saturated rings. The topological polar surface area (TPSA) is 52.9 Å². The molecule has 1 aliphatic rings. The van der Waals surface area contributed by atoms with Crippen molar-refractivity contribution >= 4 is 5.91 Å². The van der Waals surface area contributed by atoms with Crippen molar-refractivity contribution in [1.82, 2.24) is 5.32 Å². The van der Waals surface area contributed by atoms with Gasteiger partial charge < -0.3 is 5.32 Å². The molecule has 3 nitrogen and oxygen atoms in total. The number of hydrogen-bond donors (Lipinski definition) is 1. The van der Waals surface area contributed by atoms with Crippen LogP contribution in [0, 0.1) is 16.7 Å². The lowest BCUT2D eigenvalue weighted by molar-refractivity contribution is 0.0936. The molecule has 0 spiro atoms. The summed E-state index contributed by atoms with van der Waals surface area (Å²) in [6, 6.07) is 9.14. The zero-order valence-electron chi connectivity index (χ0n) is 10.9. The van der Waals surface area contributed by atoms with Gasteiger partial charge in [0.25, 0.3) is 5.91 Å². The fraction of sp³-hybridized carbons (Fsp3) is 0.467. The third-order valence-corrected chi connectivity index (χ3v) is 3.56. The number of carbonyl (C=O) groups excluding carboxylic acids is 1. The maximum atomic E-state index is 12.1. The fourth-order valence-electron chi connectivity index (χ4n) is 2.56. The minimum atomic E-state index is -0.0743. The van der Waals surface area contributed by atoms with Crippen molar-refractivity contribution in [2.45, 2.75) is 39.2 Å². The zero-order chi connectivity index (χ0) is 13.2. The lowest BCUT2D eigenvalue weighted by atomic mass is 9.92. The number of hydrogen-bond acceptors (Lipinski definition) is 2. The maximum Gasteiger partial charge on any atom is 0.251 e. The molecular formula is C15H18N2O. The Balaban J connectivity index is 2.02. The Labute approximate surface area is 108 Å². The van der Waals surface area contributed by atoms with Crippen molar-refractivity contribution in [1.29, 1.82) is 5.26 Å². The molecule has 2 rings (SSSR count). The van der Waals surface area contributed by atoms with Crippen LogP contribution >= 0.6 is 0 Å². The number of benzene rings is 1. The summed E-state index contributed by atoms with van der Waals surface area (Å²) in [5, 5.41) is 11.9. The van der Waals surface area contributed by atoms with Crippen molar-refractivity contribution < 1.29 is 4.79 Å². The highest BCUT2D eigenvalue weighted by Crippen LogP contribution is 2.36. The van der Waals surface area contributed by atoms with E-state index in [0.29, 0.717) is 16.5 Å². The third-order valence-electron chi connectivity index (χ3n) is 3.56. The van der Waals surface area contributed by atoms with E-state index in [2.05, 4.69) is 19.2 Å². The van der Waals surface area contributed by atoms with Crippen molar-refractivity contribution in [3.8, 4) is 6.07 Å². The molecule has 1 unspecified atom stereocenters. The van der Waals surface area contributed by atoms with Gasteiger partial charge in [-0.1, -0.05) is 19.9 Å². The molecule has 1 aliphatic carbocycles. The van der Waals surface area contributed by atoms with Gasteiger partial charge in [0.05, 0.1) is 11.6 Å². The summed E-state index contributed by atoms with van der Waals surface area (Å²) >= 11 is 0. The molecule has 0 aliphatic heterocycles. The van der Waals surface area contributed by atoms with Crippen molar-refractivity contribution in [3.05, 3.63) is 35.4 Å². The largest absolute Gasteiger partial charge is 0.349 e. The average Bonchev–Trinajstić information content (AvgIpc) is 2.68. The van der Waals surface area contributed by atoms with Gasteiger partial charge in [0.1, 0.15) is 0 Å². The Morgan fingerprint density at radius 1 is 1.50 bits per heavy atom. The van der Waals surface area contributed by atoms with Crippen LogP contribution in [0.3, 0.4) is 0 Å². The summed E-state index contributed by atoms with van der Waals surface area (Å²) in [7, 11) is 0. The highest BCUT2D eigenvalue weighted by molar-refractivity contribution is 5.94. The highest BCUT2D eigenvalue weighted by atomic mass is 16.1. The third kappa shape index (κ3) is 2.89. The molecule has 1 atom stereocenters. The van der Waals surface area contributed by atoms with Crippen LogP contribution in [0.25, 0.3) is 0 Å². The van der Waals surface area contributed by atoms with Crippen LogP contribution in [0.4, 0.5) is 0 Å². The summed E-state index contributed by atoms with van der Waals surface area (Å²) in [6.45, 7) is 4.46. The number of carbonyl (C=O) groups is 1. The van der Waals surface area contributed by atoms with E-state index in [-0.39, 0.29) is 11.9 Å². The average molecular weight is 242 g/mol. The summed E-state index contributed by atoms with van der Waals surface area (Å²) in [5.41, 5.74) is 1.42. The molecule has 0 heterocycles. The second-order valence-electron chi connectivity index (χ2n) is 5.77. The van der Waals surface area contributed by atoms with Crippen LogP contribution in [0.1, 0.15) is 49.0 Å². The molecule has 94 valence electrons. The van der Waals surface area contributed by atoms with Crippen LogP contribution in [0.2, 0.25) is 0 Å². The van der Waals surface area contributed by atoms with Gasteiger partial charge in [-0.25, -0.2) is 0 Å². The number of nitrogens with one attached hydrogen (secondary N) is 1. The summed E-state index contributed by atoms with van der Waals surface area (Å²) in [4.78, 5) is 12.1. The molecule has 1 aromatic rings. The minimum absolute atomic E-state index is 0.0743. The molecule has 3 heteroatoms. The van der Waals surface area contributed by atoms with Gasteiger partial charge in [0.2, 0.25) is 0 Å². The number of amides is 1. The maximum absolute atomic E-state index is 12.1. The molecule has 18 heavy (non-hydrogen) atoms. The zero-order valence-corrected chi connectivity index (χ0v) is 10.9. The lowest BCUT2D eigenvalue weighted by Crippen LogP contribution is -2.33. The van der Waals surface area contributed by atoms with E-state index in [4.69, 9.17) is 5.26 Å². The predicted octanol–water partition coefficient (Wildman–Crippen LogP) is 2.87. The summed E-state index contributed by atoms with van der Waals surface area (Å²) in [5.74, 6) is -0.0743. The summed E-state index contributed by atoms with van der Waals surface area (Å²) < 4.78 is 0. The Bertz CT molecular complexity index is 499. The van der Waals surface area contributed by atoms with E-state index in [9.17, 15) is 4.79 Å². The van der Waals surface area contributed by atoms with E-state index >= 15 is 0 Å². The van der Waals surface area contributed by atoms with Crippen LogP contribution in [0.15, 0.2) is 24.3 Å². The molecule has 0 bridgehead atoms. The molecule has 1 aromatic carbocycles. The van der Waals surface area contributed by atoms with Crippen molar-refractivity contribution in [3.63, 3.8) is 0 Å². The molecular weight excluding hydrogens is 224 g/mol. The first kappa shape index (κ1) is 12.6. The number of rotatable bonds is 2. The van der Waals surface area contributed by atoms with Crippen molar-refractivity contribution in [2.75, 3.05) is 0 Å². The van der Waals surface area contributed by atoms with Gasteiger partial charge in [-0.05, 0) is 42.9 Å². The molecule has 1 N–H and O–H groups in total. The molecule has 1 saturated carbocycles. The Hall–Kier alpha value is -1.82. The van der Waals surface area contributed by atoms with E-state index < -0.39 is 0 Å². The minimum Gasteiger partial charge on any atom is -0.349 e. The van der Waals surface area contributed by atoms with E-state index in [1.54, 1.807) is 24.3 Å². The first-order valence-electron chi connectivity index (χ1n) is 6.31. The smallest absolute Gasteiger partial charge is 0.251 e. The van der Waals surface area contributed by atoms with Crippen LogP contribution in [-0.4, -0.2) is 11.9 Å². The second kappa shape index (κ2) is 4.81. The van der Waals surface area contributed by atoms with Gasteiger partial charge >= 0.3 is 0 Å². The monoisotopic (exact) mass is 242 g/mol. The molecule has 0 saturated heterocycles. The van der Waals surface area contributed by atoms with Crippen LogP contribution in [-0.2, 0) is 0 Å². The Kier molecular flexibility index (Phi) is 3.38. The molecule has 0 aromatic heterocycles. The van der Waals surface area contributed by atoms with Crippen LogP contribution < -0.4 is 5.32 Å². The van der Waals surface area contributed by atoms with Gasteiger partial charge in [0.15, 0.2) is 0 Å². The standard InChI is InChI=1S/C15H18N2O/c1-15(2)7-6-13(9-15)17-14(18)12-5-3-4-11(8-12)10-16/h3-5,8,13H,6-7,9H2,1-2H3,(H,17,18). The molecule has 1 amide bonds. The Morgan fingerprint density at radius 2 is 2.28 bits per heavy atom. The highest BCUT2D eigenvalue weighted by Gasteiger charge is 2.31. The van der Waals surface area contributed by atoms with Crippen LogP contribution in [0.5, 0.6) is 0 Å². The van der Waals surface area contributed by atoms with Gasteiger partial charge in [0, 0.05) is 11.6 Å². The van der Waals surface area contributed by atoms with Gasteiger partial charge in [-0.15, -0.1) is 0 Å². The first-order chi connectivity index (χ1) is 8.50. The molecule has 0 radical (unpaired) electrons.